The first-order valence-corrected chi connectivity index (χ1v) is 15.5. The van der Waals surface area contributed by atoms with E-state index in [0.29, 0.717) is 0 Å². The highest BCUT2D eigenvalue weighted by atomic mass is 32.2. The molecule has 0 saturated heterocycles. The number of aryl methyl sites for hydroxylation is 4. The summed E-state index contributed by atoms with van der Waals surface area (Å²) in [5.41, 5.74) is 13.9. The van der Waals surface area contributed by atoms with Crippen LogP contribution in [0.1, 0.15) is 44.5 Å². The van der Waals surface area contributed by atoms with Gasteiger partial charge in [-0.2, -0.15) is 0 Å². The molecule has 0 aliphatic carbocycles. The van der Waals surface area contributed by atoms with Crippen molar-refractivity contribution in [1.82, 2.24) is 0 Å². The normalized spacial score (nSPS) is 18.9. The molecular weight excluding hydrogens is 525 g/mol. The van der Waals surface area contributed by atoms with E-state index in [1.807, 2.05) is 23.5 Å². The second-order valence-electron chi connectivity index (χ2n) is 10.6. The van der Waals surface area contributed by atoms with Crippen LogP contribution in [0.25, 0.3) is 11.4 Å². The molecule has 2 aliphatic heterocycles. The molecule has 0 fully saturated rings. The Morgan fingerprint density at radius 2 is 0.675 bits per heavy atom. The average Bonchev–Trinajstić information content (AvgIpc) is 2.98. The van der Waals surface area contributed by atoms with Gasteiger partial charge in [-0.25, -0.2) is 0 Å². The van der Waals surface area contributed by atoms with Crippen molar-refractivity contribution in [1.29, 1.82) is 0 Å². The van der Waals surface area contributed by atoms with E-state index in [1.54, 1.807) is 0 Å². The minimum Gasteiger partial charge on any atom is -0.250 e. The van der Waals surface area contributed by atoms with Crippen molar-refractivity contribution in [2.75, 3.05) is 0 Å². The van der Waals surface area contributed by atoms with E-state index in [0.717, 1.165) is 45.1 Å². The van der Waals surface area contributed by atoms with Gasteiger partial charge in [0.25, 0.3) is 0 Å². The summed E-state index contributed by atoms with van der Waals surface area (Å²) in [7, 11) is 0. The van der Waals surface area contributed by atoms with Crippen molar-refractivity contribution in [3.63, 3.8) is 0 Å². The molecule has 0 aromatic heterocycles. The highest BCUT2D eigenvalue weighted by Crippen LogP contribution is 2.41. The Hall–Kier alpha value is -3.60. The molecule has 2 heterocycles. The van der Waals surface area contributed by atoms with E-state index in [2.05, 4.69) is 136 Å². The summed E-state index contributed by atoms with van der Waals surface area (Å²) in [5, 5.41) is 4.69. The summed E-state index contributed by atoms with van der Waals surface area (Å²) in [4.78, 5) is 10.7. The summed E-state index contributed by atoms with van der Waals surface area (Å²) >= 11 is 3.72. The fourth-order valence-electron chi connectivity index (χ4n) is 4.89. The van der Waals surface area contributed by atoms with Crippen LogP contribution in [-0.4, -0.2) is 21.9 Å². The van der Waals surface area contributed by atoms with Crippen LogP contribution in [0.5, 0.6) is 0 Å². The maximum atomic E-state index is 5.34. The van der Waals surface area contributed by atoms with Crippen LogP contribution in [0.2, 0.25) is 0 Å². The highest BCUT2D eigenvalue weighted by Gasteiger charge is 2.36. The molecule has 2 atom stereocenters. The standard InChI is InChI=1S/C36H32N2S2/c1-23-5-13-27(14-6-23)31-21-39-35(33(37-31)29-17-9-25(3)10-18-29)36-34(30-19-11-26(4)12-20-30)38-32(22-40-36)28-15-7-24(2)8-16-28/h5-22,35-36H,1-4H3. The third kappa shape index (κ3) is 5.65. The minimum absolute atomic E-state index is 0.109. The van der Waals surface area contributed by atoms with Gasteiger partial charge in [-0.1, -0.05) is 119 Å². The number of hydrogen-bond donors (Lipinski definition) is 0. The van der Waals surface area contributed by atoms with Gasteiger partial charge >= 0.3 is 0 Å². The molecule has 6 rings (SSSR count). The van der Waals surface area contributed by atoms with Gasteiger partial charge in [0, 0.05) is 11.1 Å². The van der Waals surface area contributed by atoms with Crippen LogP contribution in [-0.2, 0) is 0 Å². The van der Waals surface area contributed by atoms with Gasteiger partial charge in [-0.05, 0) is 49.6 Å². The summed E-state index contributed by atoms with van der Waals surface area (Å²) < 4.78 is 0. The summed E-state index contributed by atoms with van der Waals surface area (Å²) in [5.74, 6) is 0. The van der Waals surface area contributed by atoms with Crippen molar-refractivity contribution in [3.05, 3.63) is 152 Å². The number of benzene rings is 4. The molecule has 198 valence electrons. The number of hydrogen-bond acceptors (Lipinski definition) is 4. The highest BCUT2D eigenvalue weighted by molar-refractivity contribution is 8.07. The molecular formula is C36H32N2S2. The van der Waals surface area contributed by atoms with Crippen LogP contribution in [0.15, 0.2) is 118 Å². The van der Waals surface area contributed by atoms with Gasteiger partial charge < -0.3 is 0 Å². The number of rotatable bonds is 5. The SMILES string of the molecule is Cc1ccc(C2=CSC(C3SC=C(c4ccc(C)cc4)N=C3c3ccc(C)cc3)C(c3ccc(C)cc3)=N2)cc1. The number of aliphatic imine (C=N–C) groups is 2. The lowest BCUT2D eigenvalue weighted by Gasteiger charge is -2.32. The molecule has 2 nitrogen and oxygen atoms in total. The van der Waals surface area contributed by atoms with Crippen LogP contribution in [0.3, 0.4) is 0 Å². The molecule has 4 aromatic rings. The molecule has 2 unspecified atom stereocenters. The fraction of sp³-hybridized carbons (Fsp3) is 0.167. The lowest BCUT2D eigenvalue weighted by Crippen LogP contribution is -2.38. The predicted octanol–water partition coefficient (Wildman–Crippen LogP) is 9.43. The molecule has 4 aromatic carbocycles. The zero-order valence-electron chi connectivity index (χ0n) is 23.3. The maximum absolute atomic E-state index is 5.34. The summed E-state index contributed by atoms with van der Waals surface area (Å²) in [6, 6.07) is 34.9. The fourth-order valence-corrected chi connectivity index (χ4v) is 7.39. The third-order valence-electron chi connectivity index (χ3n) is 7.34. The second kappa shape index (κ2) is 11.5. The van der Waals surface area contributed by atoms with Gasteiger partial charge in [-0.15, -0.1) is 23.5 Å². The van der Waals surface area contributed by atoms with Crippen LogP contribution in [0.4, 0.5) is 0 Å². The van der Waals surface area contributed by atoms with E-state index in [1.165, 1.54) is 22.3 Å². The van der Waals surface area contributed by atoms with Crippen LogP contribution in [0, 0.1) is 27.7 Å². The predicted molar refractivity (Wildman–Crippen MR) is 177 cm³/mol. The minimum atomic E-state index is 0.109. The Morgan fingerprint density at radius 3 is 0.975 bits per heavy atom. The van der Waals surface area contributed by atoms with Crippen LogP contribution < -0.4 is 0 Å². The van der Waals surface area contributed by atoms with Crippen molar-refractivity contribution in [2.24, 2.45) is 9.98 Å². The molecule has 0 radical (unpaired) electrons. The van der Waals surface area contributed by atoms with E-state index in [-0.39, 0.29) is 10.5 Å². The molecule has 4 heteroatoms. The molecule has 0 bridgehead atoms. The third-order valence-corrected chi connectivity index (χ3v) is 9.81. The van der Waals surface area contributed by atoms with E-state index in [4.69, 9.17) is 9.98 Å². The average molecular weight is 557 g/mol. The quantitative estimate of drug-likeness (QED) is 0.245. The Morgan fingerprint density at radius 1 is 0.400 bits per heavy atom. The van der Waals surface area contributed by atoms with Gasteiger partial charge in [0.1, 0.15) is 0 Å². The van der Waals surface area contributed by atoms with Gasteiger partial charge in [0.2, 0.25) is 0 Å². The first kappa shape index (κ1) is 26.6. The first-order chi connectivity index (χ1) is 19.4. The van der Waals surface area contributed by atoms with Gasteiger partial charge in [0.15, 0.2) is 0 Å². The van der Waals surface area contributed by atoms with E-state index in [9.17, 15) is 0 Å². The van der Waals surface area contributed by atoms with Crippen LogP contribution >= 0.6 is 23.5 Å². The number of nitrogens with zero attached hydrogens (tertiary/aromatic N) is 2. The van der Waals surface area contributed by atoms with E-state index < -0.39 is 0 Å². The Bertz CT molecular complexity index is 1510. The Balaban J connectivity index is 1.43. The van der Waals surface area contributed by atoms with E-state index >= 15 is 0 Å². The van der Waals surface area contributed by atoms with Gasteiger partial charge in [-0.3, -0.25) is 9.98 Å². The van der Waals surface area contributed by atoms with Gasteiger partial charge in [0.05, 0.1) is 33.3 Å². The lowest BCUT2D eigenvalue weighted by atomic mass is 9.97. The number of thioether (sulfide) groups is 2. The van der Waals surface area contributed by atoms with Crippen molar-refractivity contribution in [3.8, 4) is 0 Å². The second-order valence-corrected chi connectivity index (χ2v) is 12.6. The zero-order valence-corrected chi connectivity index (χ0v) is 24.9. The first-order valence-electron chi connectivity index (χ1n) is 13.6. The largest absolute Gasteiger partial charge is 0.250 e. The Labute approximate surface area is 246 Å². The molecule has 40 heavy (non-hydrogen) atoms. The maximum Gasteiger partial charge on any atom is 0.0769 e. The molecule has 0 N–H and O–H groups in total. The smallest absolute Gasteiger partial charge is 0.0769 e. The van der Waals surface area contributed by atoms with Crippen molar-refractivity contribution >= 4 is 46.3 Å². The zero-order chi connectivity index (χ0) is 27.6. The van der Waals surface area contributed by atoms with Crippen molar-refractivity contribution < 1.29 is 0 Å². The monoisotopic (exact) mass is 556 g/mol. The Kier molecular flexibility index (Phi) is 7.64. The topological polar surface area (TPSA) is 24.7 Å². The summed E-state index contributed by atoms with van der Waals surface area (Å²) in [6.45, 7) is 8.50. The lowest BCUT2D eigenvalue weighted by molar-refractivity contribution is 1.16. The molecule has 0 amide bonds. The summed E-state index contributed by atoms with van der Waals surface area (Å²) in [6.07, 6.45) is 0. The molecule has 0 saturated carbocycles. The molecule has 2 aliphatic rings. The molecule has 0 spiro atoms. The van der Waals surface area contributed by atoms with Crippen molar-refractivity contribution in [2.45, 2.75) is 38.2 Å².